The molecular weight excluding hydrogens is 282 g/mol. The second kappa shape index (κ2) is 7.40. The highest BCUT2D eigenvalue weighted by Gasteiger charge is 2.17. The molecule has 3 rings (SSSR count). The van der Waals surface area contributed by atoms with E-state index in [1.54, 1.807) is 0 Å². The van der Waals surface area contributed by atoms with Crippen molar-refractivity contribution in [3.63, 3.8) is 0 Å². The lowest BCUT2D eigenvalue weighted by molar-refractivity contribution is 0.0695. The molecule has 0 unspecified atom stereocenters. The molecule has 0 saturated heterocycles. The van der Waals surface area contributed by atoms with Gasteiger partial charge in [-0.2, -0.15) is 0 Å². The molecule has 0 amide bonds. The molecule has 0 bridgehead atoms. The summed E-state index contributed by atoms with van der Waals surface area (Å²) in [5.74, 6) is 0. The molecule has 2 nitrogen and oxygen atoms in total. The van der Waals surface area contributed by atoms with E-state index in [1.165, 1.54) is 21.9 Å². The average Bonchev–Trinajstić information content (AvgIpc) is 2.59. The van der Waals surface area contributed by atoms with Crippen molar-refractivity contribution >= 4 is 10.8 Å². The van der Waals surface area contributed by atoms with Crippen molar-refractivity contribution in [1.82, 2.24) is 4.90 Å². The third-order valence-electron chi connectivity index (χ3n) is 4.03. The Bertz CT molecular complexity index is 747. The Morgan fingerprint density at radius 2 is 1.52 bits per heavy atom. The molecule has 1 atom stereocenters. The smallest absolute Gasteiger partial charge is 0.108 e. The summed E-state index contributed by atoms with van der Waals surface area (Å²) in [5, 5.41) is 2.51. The van der Waals surface area contributed by atoms with Gasteiger partial charge in [0.05, 0.1) is 6.61 Å². The fraction of sp³-hybridized carbons (Fsp3) is 0.238. The van der Waals surface area contributed by atoms with Gasteiger partial charge in [0.15, 0.2) is 0 Å². The highest BCUT2D eigenvalue weighted by atomic mass is 16.5. The molecule has 23 heavy (non-hydrogen) atoms. The number of likely N-dealkylation sites (N-methyl/N-ethyl adjacent to an activating group) is 1. The largest absolute Gasteiger partial charge is 0.367 e. The van der Waals surface area contributed by atoms with Gasteiger partial charge in [-0.25, -0.2) is 0 Å². The van der Waals surface area contributed by atoms with Gasteiger partial charge in [-0.3, -0.25) is 0 Å². The van der Waals surface area contributed by atoms with Crippen LogP contribution in [-0.4, -0.2) is 32.1 Å². The van der Waals surface area contributed by atoms with Crippen molar-refractivity contribution in [2.75, 3.05) is 27.2 Å². The van der Waals surface area contributed by atoms with Crippen molar-refractivity contribution in [1.29, 1.82) is 0 Å². The molecular formula is C21H23NO. The zero-order valence-corrected chi connectivity index (χ0v) is 13.8. The topological polar surface area (TPSA) is 12.5 Å². The number of rotatable bonds is 6. The van der Waals surface area contributed by atoms with Gasteiger partial charge in [-0.15, -0.1) is 0 Å². The molecule has 0 aliphatic rings. The maximum Gasteiger partial charge on any atom is 0.108 e. The molecule has 0 radical (unpaired) electrons. The van der Waals surface area contributed by atoms with Crippen molar-refractivity contribution in [2.45, 2.75) is 6.10 Å². The minimum Gasteiger partial charge on any atom is -0.367 e. The van der Waals surface area contributed by atoms with Crippen LogP contribution in [0.2, 0.25) is 0 Å². The van der Waals surface area contributed by atoms with E-state index in [0.717, 1.165) is 6.54 Å². The molecule has 0 aliphatic heterocycles. The Labute approximate surface area is 138 Å². The van der Waals surface area contributed by atoms with E-state index in [9.17, 15) is 0 Å². The number of nitrogens with zero attached hydrogens (tertiary/aromatic N) is 1. The molecule has 0 aliphatic carbocycles. The third-order valence-corrected chi connectivity index (χ3v) is 4.03. The average molecular weight is 305 g/mol. The maximum absolute atomic E-state index is 6.29. The van der Waals surface area contributed by atoms with Crippen LogP contribution in [0.4, 0.5) is 0 Å². The molecule has 0 heterocycles. The summed E-state index contributed by atoms with van der Waals surface area (Å²) < 4.78 is 6.29. The lowest BCUT2D eigenvalue weighted by atomic mass is 9.96. The van der Waals surface area contributed by atoms with E-state index >= 15 is 0 Å². The predicted octanol–water partition coefficient (Wildman–Crippen LogP) is 4.51. The van der Waals surface area contributed by atoms with Crippen LogP contribution in [0.1, 0.15) is 17.2 Å². The fourth-order valence-corrected chi connectivity index (χ4v) is 2.83. The van der Waals surface area contributed by atoms with Gasteiger partial charge in [0.25, 0.3) is 0 Å². The third kappa shape index (κ3) is 3.79. The van der Waals surface area contributed by atoms with Gasteiger partial charge in [0.1, 0.15) is 6.10 Å². The van der Waals surface area contributed by atoms with Crippen LogP contribution < -0.4 is 0 Å². The maximum atomic E-state index is 6.29. The van der Waals surface area contributed by atoms with Gasteiger partial charge in [-0.05, 0) is 36.0 Å². The van der Waals surface area contributed by atoms with E-state index in [4.69, 9.17) is 4.74 Å². The van der Waals surface area contributed by atoms with Gasteiger partial charge in [-0.1, -0.05) is 72.8 Å². The lowest BCUT2D eigenvalue weighted by Gasteiger charge is -2.22. The first kappa shape index (κ1) is 15.7. The molecule has 0 aromatic heterocycles. The van der Waals surface area contributed by atoms with E-state index < -0.39 is 0 Å². The van der Waals surface area contributed by atoms with Crippen molar-refractivity contribution in [3.8, 4) is 0 Å². The van der Waals surface area contributed by atoms with Crippen LogP contribution in [0.5, 0.6) is 0 Å². The van der Waals surface area contributed by atoms with E-state index in [2.05, 4.69) is 85.7 Å². The first-order chi connectivity index (χ1) is 11.3. The second-order valence-corrected chi connectivity index (χ2v) is 6.03. The van der Waals surface area contributed by atoms with E-state index in [1.807, 2.05) is 6.07 Å². The van der Waals surface area contributed by atoms with Gasteiger partial charge < -0.3 is 9.64 Å². The van der Waals surface area contributed by atoms with Crippen molar-refractivity contribution < 1.29 is 4.74 Å². The highest BCUT2D eigenvalue weighted by Crippen LogP contribution is 2.31. The second-order valence-electron chi connectivity index (χ2n) is 6.03. The summed E-state index contributed by atoms with van der Waals surface area (Å²) in [4.78, 5) is 2.14. The SMILES string of the molecule is CN(C)CCO[C@@H](c1ccccc1)c1cccc2ccccc12. The Morgan fingerprint density at radius 3 is 2.30 bits per heavy atom. The summed E-state index contributed by atoms with van der Waals surface area (Å²) in [6.07, 6.45) is -0.0396. The molecule has 0 N–H and O–H groups in total. The van der Waals surface area contributed by atoms with Gasteiger partial charge in [0, 0.05) is 6.54 Å². The van der Waals surface area contributed by atoms with Gasteiger partial charge in [0.2, 0.25) is 0 Å². The first-order valence-corrected chi connectivity index (χ1v) is 8.04. The minimum absolute atomic E-state index is 0.0396. The summed E-state index contributed by atoms with van der Waals surface area (Å²) >= 11 is 0. The van der Waals surface area contributed by atoms with Gasteiger partial charge >= 0.3 is 0 Å². The zero-order chi connectivity index (χ0) is 16.1. The van der Waals surface area contributed by atoms with Crippen LogP contribution in [0, 0.1) is 0 Å². The summed E-state index contributed by atoms with van der Waals surface area (Å²) in [7, 11) is 4.14. The minimum atomic E-state index is -0.0396. The number of fused-ring (bicyclic) bond motifs is 1. The quantitative estimate of drug-likeness (QED) is 0.664. The summed E-state index contributed by atoms with van der Waals surface area (Å²) in [6, 6.07) is 25.4. The van der Waals surface area contributed by atoms with Crippen LogP contribution >= 0.6 is 0 Å². The first-order valence-electron chi connectivity index (χ1n) is 8.04. The Hall–Kier alpha value is -2.16. The number of benzene rings is 3. The molecule has 3 aromatic carbocycles. The summed E-state index contributed by atoms with van der Waals surface area (Å²) in [5.41, 5.74) is 2.43. The van der Waals surface area contributed by atoms with E-state index in [0.29, 0.717) is 6.61 Å². The normalized spacial score (nSPS) is 12.7. The summed E-state index contributed by atoms with van der Waals surface area (Å²) in [6.45, 7) is 1.61. The Balaban J connectivity index is 1.99. The standard InChI is InChI=1S/C21H23NO/c1-22(2)15-16-23-21(18-10-4-3-5-11-18)20-14-8-12-17-9-6-7-13-19(17)20/h3-14,21H,15-16H2,1-2H3/t21-/m0/s1. The van der Waals surface area contributed by atoms with E-state index in [-0.39, 0.29) is 6.10 Å². The van der Waals surface area contributed by atoms with Crippen LogP contribution in [-0.2, 0) is 4.74 Å². The molecule has 118 valence electrons. The predicted molar refractivity (Wildman–Crippen MR) is 96.7 cm³/mol. The lowest BCUT2D eigenvalue weighted by Crippen LogP contribution is -2.20. The van der Waals surface area contributed by atoms with Crippen LogP contribution in [0.3, 0.4) is 0 Å². The van der Waals surface area contributed by atoms with Crippen molar-refractivity contribution in [3.05, 3.63) is 83.9 Å². The number of hydrogen-bond donors (Lipinski definition) is 0. The Morgan fingerprint density at radius 1 is 0.826 bits per heavy atom. The fourth-order valence-electron chi connectivity index (χ4n) is 2.83. The molecule has 0 fully saturated rings. The number of ether oxygens (including phenoxy) is 1. The van der Waals surface area contributed by atoms with Crippen LogP contribution in [0.25, 0.3) is 10.8 Å². The van der Waals surface area contributed by atoms with Crippen molar-refractivity contribution in [2.24, 2.45) is 0 Å². The molecule has 2 heteroatoms. The molecule has 3 aromatic rings. The molecule has 0 saturated carbocycles. The highest BCUT2D eigenvalue weighted by molar-refractivity contribution is 5.86. The van der Waals surface area contributed by atoms with Crippen LogP contribution in [0.15, 0.2) is 72.8 Å². The molecule has 0 spiro atoms. The Kier molecular flexibility index (Phi) is 5.06. The monoisotopic (exact) mass is 305 g/mol. The zero-order valence-electron chi connectivity index (χ0n) is 13.8. The number of hydrogen-bond acceptors (Lipinski definition) is 2.